The van der Waals surface area contributed by atoms with Crippen molar-refractivity contribution in [3.63, 3.8) is 0 Å². The first kappa shape index (κ1) is 10.7. The Hall–Kier alpha value is -1.84. The monoisotopic (exact) mass is 217 g/mol. The number of amides is 1. The van der Waals surface area contributed by atoms with Crippen LogP contribution >= 0.6 is 0 Å². The summed E-state index contributed by atoms with van der Waals surface area (Å²) in [5, 5.41) is 10.7. The summed E-state index contributed by atoms with van der Waals surface area (Å²) in [5.41, 5.74) is 0.933. The molecule has 84 valence electrons. The predicted octanol–water partition coefficient (Wildman–Crippen LogP) is 2.55. The van der Waals surface area contributed by atoms with Crippen LogP contribution in [0.2, 0.25) is 0 Å². The lowest BCUT2D eigenvalue weighted by Crippen LogP contribution is -2.14. The van der Waals surface area contributed by atoms with Gasteiger partial charge in [-0.2, -0.15) is 5.10 Å². The number of fused-ring (bicyclic) bond motifs is 1. The van der Waals surface area contributed by atoms with Crippen molar-refractivity contribution in [3.8, 4) is 0 Å². The molecule has 0 atom stereocenters. The van der Waals surface area contributed by atoms with E-state index in [9.17, 15) is 4.79 Å². The summed E-state index contributed by atoms with van der Waals surface area (Å²) in [4.78, 5) is 11.6. The second-order valence-corrected chi connectivity index (χ2v) is 4.26. The molecule has 2 rings (SSSR count). The first-order chi connectivity index (χ1) is 7.66. The van der Waals surface area contributed by atoms with E-state index in [2.05, 4.69) is 15.5 Å². The van der Waals surface area contributed by atoms with Crippen molar-refractivity contribution in [2.45, 2.75) is 20.3 Å². The molecule has 0 saturated carbocycles. The van der Waals surface area contributed by atoms with Gasteiger partial charge in [-0.25, -0.2) is 0 Å². The third-order valence-corrected chi connectivity index (χ3v) is 2.32. The van der Waals surface area contributed by atoms with Gasteiger partial charge in [-0.1, -0.05) is 26.0 Å². The average molecular weight is 217 g/mol. The van der Waals surface area contributed by atoms with Crippen LogP contribution in [-0.2, 0) is 4.79 Å². The molecule has 1 heterocycles. The largest absolute Gasteiger partial charge is 0.309 e. The van der Waals surface area contributed by atoms with Crippen molar-refractivity contribution >= 4 is 22.6 Å². The summed E-state index contributed by atoms with van der Waals surface area (Å²) < 4.78 is 0. The lowest BCUT2D eigenvalue weighted by atomic mass is 10.1. The van der Waals surface area contributed by atoms with Crippen molar-refractivity contribution in [3.05, 3.63) is 24.3 Å². The molecule has 1 aromatic heterocycles. The molecular formula is C12H15N3O. The van der Waals surface area contributed by atoms with Gasteiger partial charge in [0.05, 0.1) is 5.52 Å². The highest BCUT2D eigenvalue weighted by molar-refractivity contribution is 5.99. The average Bonchev–Trinajstić information content (AvgIpc) is 2.61. The van der Waals surface area contributed by atoms with Crippen molar-refractivity contribution < 1.29 is 4.79 Å². The lowest BCUT2D eigenvalue weighted by molar-refractivity contribution is -0.116. The molecule has 2 N–H and O–H groups in total. The molecule has 0 radical (unpaired) electrons. The van der Waals surface area contributed by atoms with E-state index in [1.807, 2.05) is 38.1 Å². The summed E-state index contributed by atoms with van der Waals surface area (Å²) in [5.74, 6) is 0.971. The first-order valence-corrected chi connectivity index (χ1v) is 5.40. The Bertz CT molecular complexity index is 502. The molecule has 0 fully saturated rings. The van der Waals surface area contributed by atoms with Crippen molar-refractivity contribution in [1.82, 2.24) is 10.2 Å². The zero-order chi connectivity index (χ0) is 11.5. The van der Waals surface area contributed by atoms with Crippen LogP contribution < -0.4 is 5.32 Å². The van der Waals surface area contributed by atoms with Crippen LogP contribution in [0.25, 0.3) is 10.9 Å². The van der Waals surface area contributed by atoms with E-state index in [-0.39, 0.29) is 5.91 Å². The minimum Gasteiger partial charge on any atom is -0.309 e. The van der Waals surface area contributed by atoms with Gasteiger partial charge in [-0.05, 0) is 18.1 Å². The van der Waals surface area contributed by atoms with Crippen LogP contribution in [0.5, 0.6) is 0 Å². The summed E-state index contributed by atoms with van der Waals surface area (Å²) >= 11 is 0. The van der Waals surface area contributed by atoms with Crippen molar-refractivity contribution in [2.24, 2.45) is 5.92 Å². The zero-order valence-electron chi connectivity index (χ0n) is 9.45. The Balaban J connectivity index is 2.18. The first-order valence-electron chi connectivity index (χ1n) is 5.40. The fourth-order valence-corrected chi connectivity index (χ4v) is 1.61. The van der Waals surface area contributed by atoms with E-state index in [0.29, 0.717) is 18.2 Å². The molecule has 0 saturated heterocycles. The number of aromatic amines is 1. The number of hydrogen-bond donors (Lipinski definition) is 2. The molecule has 0 aliphatic carbocycles. The Labute approximate surface area is 94.0 Å². The summed E-state index contributed by atoms with van der Waals surface area (Å²) in [6.07, 6.45) is 0.515. The zero-order valence-corrected chi connectivity index (χ0v) is 9.45. The van der Waals surface area contributed by atoms with E-state index in [1.54, 1.807) is 0 Å². The topological polar surface area (TPSA) is 57.8 Å². The van der Waals surface area contributed by atoms with Crippen LogP contribution in [0.4, 0.5) is 5.82 Å². The minimum absolute atomic E-state index is 0.00672. The Morgan fingerprint density at radius 3 is 2.94 bits per heavy atom. The molecular weight excluding hydrogens is 202 g/mol. The maximum absolute atomic E-state index is 11.6. The van der Waals surface area contributed by atoms with Crippen LogP contribution in [0.1, 0.15) is 20.3 Å². The number of carbonyl (C=O) groups is 1. The van der Waals surface area contributed by atoms with Gasteiger partial charge in [-0.3, -0.25) is 9.89 Å². The molecule has 0 aliphatic heterocycles. The quantitative estimate of drug-likeness (QED) is 0.830. The number of carbonyl (C=O) groups excluding carboxylic acids is 1. The SMILES string of the molecule is CC(C)CC(=O)Nc1n[nH]c2ccccc12. The van der Waals surface area contributed by atoms with Crippen LogP contribution in [0.15, 0.2) is 24.3 Å². The number of H-pyrrole nitrogens is 1. The van der Waals surface area contributed by atoms with E-state index >= 15 is 0 Å². The fraction of sp³-hybridized carbons (Fsp3) is 0.333. The van der Waals surface area contributed by atoms with Gasteiger partial charge in [0.15, 0.2) is 5.82 Å². The third-order valence-electron chi connectivity index (χ3n) is 2.32. The molecule has 2 aromatic rings. The summed E-state index contributed by atoms with van der Waals surface area (Å²) in [6.45, 7) is 4.03. The number of nitrogens with zero attached hydrogens (tertiary/aromatic N) is 1. The highest BCUT2D eigenvalue weighted by Crippen LogP contribution is 2.19. The number of para-hydroxylation sites is 1. The molecule has 4 heteroatoms. The van der Waals surface area contributed by atoms with Gasteiger partial charge >= 0.3 is 0 Å². The maximum atomic E-state index is 11.6. The normalized spacial score (nSPS) is 10.9. The summed E-state index contributed by atoms with van der Waals surface area (Å²) in [7, 11) is 0. The van der Waals surface area contributed by atoms with Gasteiger partial charge in [0.2, 0.25) is 5.91 Å². The number of benzene rings is 1. The molecule has 1 aromatic carbocycles. The lowest BCUT2D eigenvalue weighted by Gasteiger charge is -2.04. The fourth-order valence-electron chi connectivity index (χ4n) is 1.61. The maximum Gasteiger partial charge on any atom is 0.225 e. The van der Waals surface area contributed by atoms with Gasteiger partial charge in [0, 0.05) is 11.8 Å². The van der Waals surface area contributed by atoms with E-state index in [4.69, 9.17) is 0 Å². The number of rotatable bonds is 3. The molecule has 0 bridgehead atoms. The number of hydrogen-bond acceptors (Lipinski definition) is 2. The number of aromatic nitrogens is 2. The van der Waals surface area contributed by atoms with Crippen LogP contribution in [0.3, 0.4) is 0 Å². The predicted molar refractivity (Wildman–Crippen MR) is 64.2 cm³/mol. The molecule has 1 amide bonds. The Kier molecular flexibility index (Phi) is 2.90. The van der Waals surface area contributed by atoms with Crippen LogP contribution in [0, 0.1) is 5.92 Å². The minimum atomic E-state index is 0.00672. The van der Waals surface area contributed by atoms with E-state index in [0.717, 1.165) is 10.9 Å². The number of anilines is 1. The van der Waals surface area contributed by atoms with Crippen molar-refractivity contribution in [2.75, 3.05) is 5.32 Å². The standard InChI is InChI=1S/C12H15N3O/c1-8(2)7-11(16)13-12-9-5-3-4-6-10(9)14-15-12/h3-6,8H,7H2,1-2H3,(H2,13,14,15,16). The second kappa shape index (κ2) is 4.35. The molecule has 0 unspecified atom stereocenters. The Morgan fingerprint density at radius 1 is 1.44 bits per heavy atom. The molecule has 0 aliphatic rings. The smallest absolute Gasteiger partial charge is 0.225 e. The highest BCUT2D eigenvalue weighted by Gasteiger charge is 2.09. The molecule has 0 spiro atoms. The number of nitrogens with one attached hydrogen (secondary N) is 2. The third kappa shape index (κ3) is 2.21. The van der Waals surface area contributed by atoms with Crippen molar-refractivity contribution in [1.29, 1.82) is 0 Å². The Morgan fingerprint density at radius 2 is 2.19 bits per heavy atom. The van der Waals surface area contributed by atoms with Crippen LogP contribution in [-0.4, -0.2) is 16.1 Å². The van der Waals surface area contributed by atoms with Gasteiger partial charge in [-0.15, -0.1) is 0 Å². The van der Waals surface area contributed by atoms with Gasteiger partial charge < -0.3 is 5.32 Å². The van der Waals surface area contributed by atoms with E-state index < -0.39 is 0 Å². The highest BCUT2D eigenvalue weighted by atomic mass is 16.1. The summed E-state index contributed by atoms with van der Waals surface area (Å²) in [6, 6.07) is 7.72. The van der Waals surface area contributed by atoms with E-state index in [1.165, 1.54) is 0 Å². The molecule has 4 nitrogen and oxygen atoms in total. The second-order valence-electron chi connectivity index (χ2n) is 4.26. The van der Waals surface area contributed by atoms with Gasteiger partial charge in [0.25, 0.3) is 0 Å². The molecule has 16 heavy (non-hydrogen) atoms. The van der Waals surface area contributed by atoms with Gasteiger partial charge in [0.1, 0.15) is 0 Å².